The third kappa shape index (κ3) is 4.49. The Balaban J connectivity index is 1.28. The van der Waals surface area contributed by atoms with E-state index in [0.29, 0.717) is 5.56 Å². The number of aromatic hydroxyl groups is 5. The molecule has 41 heavy (non-hydrogen) atoms. The van der Waals surface area contributed by atoms with Gasteiger partial charge in [0.15, 0.2) is 29.1 Å². The monoisotopic (exact) mass is 556 g/mol. The van der Waals surface area contributed by atoms with Crippen molar-refractivity contribution in [3.05, 3.63) is 94.1 Å². The van der Waals surface area contributed by atoms with E-state index in [1.54, 1.807) is 24.3 Å². The topological polar surface area (TPSA) is 187 Å². The summed E-state index contributed by atoms with van der Waals surface area (Å²) < 4.78 is 17.3. The van der Waals surface area contributed by atoms with E-state index in [1.165, 1.54) is 30.3 Å². The highest BCUT2D eigenvalue weighted by Gasteiger charge is 2.39. The van der Waals surface area contributed by atoms with Crippen molar-refractivity contribution in [1.29, 1.82) is 0 Å². The summed E-state index contributed by atoms with van der Waals surface area (Å²) in [4.78, 5) is 25.3. The van der Waals surface area contributed by atoms with Gasteiger partial charge in [-0.1, -0.05) is 6.07 Å². The highest BCUT2D eigenvalue weighted by Crippen LogP contribution is 2.43. The fourth-order valence-electron chi connectivity index (χ4n) is 4.66. The summed E-state index contributed by atoms with van der Waals surface area (Å²) in [5.74, 6) is -2.25. The van der Waals surface area contributed by atoms with Crippen LogP contribution in [0.4, 0.5) is 0 Å². The van der Waals surface area contributed by atoms with Crippen LogP contribution in [0.25, 0.3) is 22.3 Å². The minimum Gasteiger partial charge on any atom is -0.508 e. The minimum atomic E-state index is -1.69. The van der Waals surface area contributed by atoms with Crippen LogP contribution < -0.4 is 14.9 Å². The zero-order chi connectivity index (χ0) is 29.0. The number of carbonyl (C=O) groups is 1. The van der Waals surface area contributed by atoms with Crippen molar-refractivity contribution < 1.29 is 49.3 Å². The van der Waals surface area contributed by atoms with Crippen molar-refractivity contribution in [2.24, 2.45) is 0 Å². The Morgan fingerprint density at radius 2 is 1.44 bits per heavy atom. The van der Waals surface area contributed by atoms with Gasteiger partial charge in [-0.2, -0.15) is 0 Å². The summed E-state index contributed by atoms with van der Waals surface area (Å²) in [6.07, 6.45) is -2.91. The van der Waals surface area contributed by atoms with Gasteiger partial charge in [0.1, 0.15) is 56.8 Å². The Labute approximate surface area is 229 Å². The Kier molecular flexibility index (Phi) is 5.93. The van der Waals surface area contributed by atoms with E-state index in [4.69, 9.17) is 13.9 Å². The number of rotatable bonds is 4. The number of benzene rings is 4. The van der Waals surface area contributed by atoms with E-state index in [1.807, 2.05) is 0 Å². The summed E-state index contributed by atoms with van der Waals surface area (Å²) in [7, 11) is 0. The number of phenols is 5. The minimum absolute atomic E-state index is 0.00529. The lowest BCUT2D eigenvalue weighted by molar-refractivity contribution is 0.0210. The molecule has 11 nitrogen and oxygen atoms in total. The Morgan fingerprint density at radius 3 is 2.20 bits per heavy atom. The first kappa shape index (κ1) is 25.6. The maximum Gasteiger partial charge on any atom is 0.202 e. The van der Waals surface area contributed by atoms with Crippen LogP contribution in [-0.4, -0.2) is 42.5 Å². The first-order valence-corrected chi connectivity index (χ1v) is 12.1. The number of fused-ring (bicyclic) bond motifs is 2. The SMILES string of the molecule is O=C1c2c(O)cc(O)cc2O[C@H](c2ccc(O)c(Oc3ccc(-c4cc(=O)c5c(O)cc(O)cc5o4)cc3)c2)[C@H]1O. The number of carbonyl (C=O) groups excluding carboxylic acids is 1. The molecule has 1 aromatic heterocycles. The molecule has 0 radical (unpaired) electrons. The van der Waals surface area contributed by atoms with Gasteiger partial charge in [-0.3, -0.25) is 9.59 Å². The Bertz CT molecular complexity index is 1910. The predicted octanol–water partition coefficient (Wildman–Crippen LogP) is 4.46. The molecule has 6 rings (SSSR count). The molecule has 2 heterocycles. The van der Waals surface area contributed by atoms with E-state index >= 15 is 0 Å². The van der Waals surface area contributed by atoms with Crippen molar-refractivity contribution in [3.8, 4) is 57.3 Å². The fraction of sp³-hybridized carbons (Fsp3) is 0.0667. The highest BCUT2D eigenvalue weighted by molar-refractivity contribution is 6.05. The number of ether oxygens (including phenoxy) is 2. The van der Waals surface area contributed by atoms with Crippen LogP contribution in [0.15, 0.2) is 82.0 Å². The van der Waals surface area contributed by atoms with Crippen molar-refractivity contribution in [2.45, 2.75) is 12.2 Å². The summed E-state index contributed by atoms with van der Waals surface area (Å²) >= 11 is 0. The van der Waals surface area contributed by atoms with Crippen molar-refractivity contribution in [2.75, 3.05) is 0 Å². The second kappa shape index (κ2) is 9.50. The molecule has 0 spiro atoms. The number of aliphatic hydroxyl groups is 1. The molecule has 206 valence electrons. The lowest BCUT2D eigenvalue weighted by atomic mass is 9.92. The fourth-order valence-corrected chi connectivity index (χ4v) is 4.66. The van der Waals surface area contributed by atoms with Crippen LogP contribution in [0.1, 0.15) is 22.0 Å². The number of phenolic OH excluding ortho intramolecular Hbond substituents is 5. The van der Waals surface area contributed by atoms with Crippen LogP contribution in [0.5, 0.6) is 46.0 Å². The first-order chi connectivity index (χ1) is 19.6. The maximum atomic E-state index is 12.7. The van der Waals surface area contributed by atoms with Gasteiger partial charge in [0.25, 0.3) is 0 Å². The molecule has 5 aromatic rings. The van der Waals surface area contributed by atoms with E-state index in [2.05, 4.69) is 0 Å². The molecule has 6 N–H and O–H groups in total. The van der Waals surface area contributed by atoms with E-state index in [-0.39, 0.29) is 62.4 Å². The van der Waals surface area contributed by atoms with Crippen LogP contribution >= 0.6 is 0 Å². The zero-order valence-electron chi connectivity index (χ0n) is 20.8. The maximum absolute atomic E-state index is 12.7. The molecule has 4 aromatic carbocycles. The third-order valence-electron chi connectivity index (χ3n) is 6.60. The molecule has 0 unspecified atom stereocenters. The van der Waals surface area contributed by atoms with Crippen molar-refractivity contribution in [3.63, 3.8) is 0 Å². The summed E-state index contributed by atoms with van der Waals surface area (Å²) in [5.41, 5.74) is 0.00989. The number of Topliss-reactive ketones (excluding diaryl/α,β-unsaturated/α-hetero) is 1. The lowest BCUT2D eigenvalue weighted by Gasteiger charge is -2.30. The molecule has 0 bridgehead atoms. The highest BCUT2D eigenvalue weighted by atomic mass is 16.5. The van der Waals surface area contributed by atoms with Gasteiger partial charge < -0.3 is 44.5 Å². The first-order valence-electron chi connectivity index (χ1n) is 12.1. The molecule has 0 fully saturated rings. The van der Waals surface area contributed by atoms with Gasteiger partial charge >= 0.3 is 0 Å². The van der Waals surface area contributed by atoms with Crippen molar-refractivity contribution >= 4 is 16.8 Å². The summed E-state index contributed by atoms with van der Waals surface area (Å²) in [5, 5.41) is 60.5. The van der Waals surface area contributed by atoms with Gasteiger partial charge in [0.05, 0.1) is 0 Å². The number of aliphatic hydroxyl groups excluding tert-OH is 1. The van der Waals surface area contributed by atoms with Gasteiger partial charge in [0.2, 0.25) is 5.78 Å². The molecule has 0 amide bonds. The Morgan fingerprint density at radius 1 is 0.732 bits per heavy atom. The second-order valence-electron chi connectivity index (χ2n) is 9.35. The standard InChI is InChI=1S/C30H20O11/c31-15-8-19(34)26-21(36)12-22(40-24(26)10-15)13-1-4-17(5-2-13)39-23-7-14(3-6-18(23)33)30-29(38)28(37)27-20(35)9-16(32)11-25(27)41-30/h1-12,29-35,38H/t29-,30+/m0/s1. The quantitative estimate of drug-likeness (QED) is 0.183. The van der Waals surface area contributed by atoms with Gasteiger partial charge in [-0.15, -0.1) is 0 Å². The average molecular weight is 556 g/mol. The summed E-state index contributed by atoms with van der Waals surface area (Å²) in [6.45, 7) is 0. The molecule has 0 saturated heterocycles. The zero-order valence-corrected chi connectivity index (χ0v) is 20.8. The molecule has 1 aliphatic heterocycles. The largest absolute Gasteiger partial charge is 0.508 e. The van der Waals surface area contributed by atoms with Gasteiger partial charge in [0, 0.05) is 35.9 Å². The van der Waals surface area contributed by atoms with Crippen LogP contribution in [-0.2, 0) is 0 Å². The van der Waals surface area contributed by atoms with E-state index < -0.39 is 34.9 Å². The number of hydrogen-bond donors (Lipinski definition) is 6. The van der Waals surface area contributed by atoms with Crippen LogP contribution in [0.2, 0.25) is 0 Å². The second-order valence-corrected chi connectivity index (χ2v) is 9.35. The van der Waals surface area contributed by atoms with Gasteiger partial charge in [-0.25, -0.2) is 0 Å². The number of ketones is 1. The third-order valence-corrected chi connectivity index (χ3v) is 6.60. The normalized spacial score (nSPS) is 16.3. The molecule has 0 saturated carbocycles. The Hall–Kier alpha value is -5.68. The average Bonchev–Trinajstić information content (AvgIpc) is 2.91. The smallest absolute Gasteiger partial charge is 0.202 e. The molecule has 11 heteroatoms. The molecule has 0 aliphatic carbocycles. The molecular formula is C30H20O11. The van der Waals surface area contributed by atoms with Crippen molar-refractivity contribution in [1.82, 2.24) is 0 Å². The van der Waals surface area contributed by atoms with Crippen LogP contribution in [0, 0.1) is 0 Å². The molecule has 1 aliphatic rings. The van der Waals surface area contributed by atoms with E-state index in [9.17, 15) is 40.2 Å². The summed E-state index contributed by atoms with van der Waals surface area (Å²) in [6, 6.07) is 15.9. The molecule has 2 atom stereocenters. The predicted molar refractivity (Wildman–Crippen MR) is 143 cm³/mol. The van der Waals surface area contributed by atoms with E-state index in [0.717, 1.165) is 18.2 Å². The van der Waals surface area contributed by atoms with Crippen LogP contribution in [0.3, 0.4) is 0 Å². The lowest BCUT2D eigenvalue weighted by Crippen LogP contribution is -2.36. The molecular weight excluding hydrogens is 536 g/mol. The van der Waals surface area contributed by atoms with Gasteiger partial charge in [-0.05, 0) is 42.0 Å². The number of hydrogen-bond acceptors (Lipinski definition) is 11.